The van der Waals surface area contributed by atoms with E-state index in [0.29, 0.717) is 39.8 Å². The number of halogens is 1. The van der Waals surface area contributed by atoms with E-state index < -0.39 is 5.97 Å². The standard InChI is InChI=1S/C20H20ClN3O4S/c1-4-9-24-17(11-27-15-7-5-14(21)6-8-15)22-23-20(24)29-12-16-10-13(2)18(28-16)19(25)26-3/h4-8,10H,1,9,11-12H2,2-3H3. The second-order valence-corrected chi connectivity index (χ2v) is 7.42. The lowest BCUT2D eigenvalue weighted by Crippen LogP contribution is -2.07. The first-order valence-corrected chi connectivity index (χ1v) is 10.1. The lowest BCUT2D eigenvalue weighted by molar-refractivity contribution is 0.0562. The Labute approximate surface area is 177 Å². The molecule has 2 heterocycles. The van der Waals surface area contributed by atoms with Crippen molar-refractivity contribution in [2.75, 3.05) is 7.11 Å². The van der Waals surface area contributed by atoms with Crippen LogP contribution in [0.3, 0.4) is 0 Å². The van der Waals surface area contributed by atoms with Crippen molar-refractivity contribution in [1.82, 2.24) is 14.8 Å². The predicted octanol–water partition coefficient (Wildman–Crippen LogP) is 4.68. The fourth-order valence-electron chi connectivity index (χ4n) is 2.57. The van der Waals surface area contributed by atoms with Gasteiger partial charge in [0.05, 0.1) is 12.9 Å². The van der Waals surface area contributed by atoms with Gasteiger partial charge in [-0.25, -0.2) is 4.79 Å². The normalized spacial score (nSPS) is 10.7. The van der Waals surface area contributed by atoms with Gasteiger partial charge in [-0.3, -0.25) is 4.57 Å². The summed E-state index contributed by atoms with van der Waals surface area (Å²) in [7, 11) is 1.32. The van der Waals surface area contributed by atoms with E-state index in [1.165, 1.54) is 18.9 Å². The number of aromatic nitrogens is 3. The number of esters is 1. The molecule has 9 heteroatoms. The topological polar surface area (TPSA) is 79.4 Å². The Morgan fingerprint density at radius 3 is 2.79 bits per heavy atom. The third-order valence-corrected chi connectivity index (χ3v) is 5.21. The van der Waals surface area contributed by atoms with E-state index in [2.05, 4.69) is 16.8 Å². The van der Waals surface area contributed by atoms with E-state index in [9.17, 15) is 4.79 Å². The van der Waals surface area contributed by atoms with Gasteiger partial charge < -0.3 is 13.9 Å². The van der Waals surface area contributed by atoms with Crippen molar-refractivity contribution in [3.05, 3.63) is 70.9 Å². The highest BCUT2D eigenvalue weighted by molar-refractivity contribution is 7.98. The smallest absolute Gasteiger partial charge is 0.374 e. The van der Waals surface area contributed by atoms with Gasteiger partial charge in [-0.15, -0.1) is 16.8 Å². The monoisotopic (exact) mass is 433 g/mol. The molecule has 0 atom stereocenters. The van der Waals surface area contributed by atoms with Gasteiger partial charge in [0.15, 0.2) is 11.0 Å². The maximum Gasteiger partial charge on any atom is 0.374 e. The summed E-state index contributed by atoms with van der Waals surface area (Å²) >= 11 is 7.34. The number of aryl methyl sites for hydroxylation is 1. The molecule has 0 unspecified atom stereocenters. The summed E-state index contributed by atoms with van der Waals surface area (Å²) in [6.45, 7) is 6.40. The summed E-state index contributed by atoms with van der Waals surface area (Å²) < 4.78 is 18.0. The van der Waals surface area contributed by atoms with Crippen molar-refractivity contribution in [1.29, 1.82) is 0 Å². The van der Waals surface area contributed by atoms with E-state index in [1.54, 1.807) is 37.3 Å². The fourth-order valence-corrected chi connectivity index (χ4v) is 3.55. The molecule has 0 amide bonds. The summed E-state index contributed by atoms with van der Waals surface area (Å²) in [4.78, 5) is 11.7. The Morgan fingerprint density at radius 1 is 1.34 bits per heavy atom. The zero-order valence-electron chi connectivity index (χ0n) is 16.1. The SMILES string of the molecule is C=CCn1c(COc2ccc(Cl)cc2)nnc1SCc1cc(C)c(C(=O)OC)o1. The van der Waals surface area contributed by atoms with Crippen LogP contribution in [0.25, 0.3) is 0 Å². The Kier molecular flexibility index (Phi) is 7.00. The predicted molar refractivity (Wildman–Crippen MR) is 110 cm³/mol. The van der Waals surface area contributed by atoms with Gasteiger partial charge >= 0.3 is 5.97 Å². The average molecular weight is 434 g/mol. The fraction of sp³-hybridized carbons (Fsp3) is 0.250. The van der Waals surface area contributed by atoms with Crippen molar-refractivity contribution in [3.63, 3.8) is 0 Å². The molecule has 152 valence electrons. The van der Waals surface area contributed by atoms with Crippen LogP contribution in [0.1, 0.15) is 27.7 Å². The molecule has 2 aromatic heterocycles. The van der Waals surface area contributed by atoms with Crippen molar-refractivity contribution in [2.45, 2.75) is 31.0 Å². The quantitative estimate of drug-likeness (QED) is 0.275. The summed E-state index contributed by atoms with van der Waals surface area (Å²) in [5, 5.41) is 9.83. The molecule has 0 saturated heterocycles. The summed E-state index contributed by atoms with van der Waals surface area (Å²) in [6, 6.07) is 8.94. The first-order chi connectivity index (χ1) is 14.0. The third-order valence-electron chi connectivity index (χ3n) is 3.97. The first kappa shape index (κ1) is 21.0. The van der Waals surface area contributed by atoms with Crippen LogP contribution in [-0.2, 0) is 23.6 Å². The largest absolute Gasteiger partial charge is 0.486 e. The minimum absolute atomic E-state index is 0.215. The summed E-state index contributed by atoms with van der Waals surface area (Å²) in [5.41, 5.74) is 0.733. The molecule has 1 aromatic carbocycles. The summed E-state index contributed by atoms with van der Waals surface area (Å²) in [5.74, 6) is 2.24. The molecule has 0 spiro atoms. The van der Waals surface area contributed by atoms with Gasteiger partial charge in [0.1, 0.15) is 18.1 Å². The van der Waals surface area contributed by atoms with Gasteiger partial charge in [0, 0.05) is 17.1 Å². The average Bonchev–Trinajstić information content (AvgIpc) is 3.28. The zero-order chi connectivity index (χ0) is 20.8. The third kappa shape index (κ3) is 5.21. The van der Waals surface area contributed by atoms with E-state index in [1.807, 2.05) is 10.6 Å². The highest BCUT2D eigenvalue weighted by Gasteiger charge is 2.18. The Balaban J connectivity index is 1.69. The number of carbonyl (C=O) groups is 1. The van der Waals surface area contributed by atoms with Gasteiger partial charge in [-0.05, 0) is 37.3 Å². The number of ether oxygens (including phenoxy) is 2. The number of methoxy groups -OCH3 is 1. The molecule has 0 aliphatic carbocycles. The Morgan fingerprint density at radius 2 is 2.10 bits per heavy atom. The van der Waals surface area contributed by atoms with Crippen LogP contribution in [0, 0.1) is 6.92 Å². The van der Waals surface area contributed by atoms with E-state index in [-0.39, 0.29) is 12.4 Å². The van der Waals surface area contributed by atoms with Crippen molar-refractivity contribution >= 4 is 29.3 Å². The number of carbonyl (C=O) groups excluding carboxylic acids is 1. The van der Waals surface area contributed by atoms with Gasteiger partial charge in [0.2, 0.25) is 5.76 Å². The van der Waals surface area contributed by atoms with Gasteiger partial charge in [0.25, 0.3) is 0 Å². The van der Waals surface area contributed by atoms with Crippen LogP contribution < -0.4 is 4.74 Å². The van der Waals surface area contributed by atoms with Crippen LogP contribution >= 0.6 is 23.4 Å². The molecule has 29 heavy (non-hydrogen) atoms. The Hall–Kier alpha value is -2.71. The Bertz CT molecular complexity index is 998. The van der Waals surface area contributed by atoms with Crippen LogP contribution in [-0.4, -0.2) is 27.8 Å². The molecule has 0 radical (unpaired) electrons. The van der Waals surface area contributed by atoms with Crippen LogP contribution in [0.5, 0.6) is 5.75 Å². The molecule has 7 nitrogen and oxygen atoms in total. The lowest BCUT2D eigenvalue weighted by Gasteiger charge is -2.09. The highest BCUT2D eigenvalue weighted by Crippen LogP contribution is 2.26. The zero-order valence-corrected chi connectivity index (χ0v) is 17.6. The molecular weight excluding hydrogens is 414 g/mol. The molecule has 0 saturated carbocycles. The number of thioether (sulfide) groups is 1. The second-order valence-electron chi connectivity index (χ2n) is 6.05. The molecule has 0 bridgehead atoms. The van der Waals surface area contributed by atoms with E-state index >= 15 is 0 Å². The number of rotatable bonds is 9. The molecule has 0 aliphatic heterocycles. The minimum Gasteiger partial charge on any atom is -0.486 e. The number of hydrogen-bond acceptors (Lipinski definition) is 7. The van der Waals surface area contributed by atoms with Crippen molar-refractivity contribution < 1.29 is 18.7 Å². The number of hydrogen-bond donors (Lipinski definition) is 0. The lowest BCUT2D eigenvalue weighted by atomic mass is 10.3. The number of benzene rings is 1. The molecule has 0 N–H and O–H groups in total. The number of allylic oxidation sites excluding steroid dienone is 1. The van der Waals surface area contributed by atoms with Gasteiger partial charge in [-0.1, -0.05) is 29.4 Å². The maximum atomic E-state index is 11.7. The van der Waals surface area contributed by atoms with E-state index in [0.717, 1.165) is 5.56 Å². The number of nitrogens with zero attached hydrogens (tertiary/aromatic N) is 3. The molecule has 0 fully saturated rings. The first-order valence-electron chi connectivity index (χ1n) is 8.73. The van der Waals surface area contributed by atoms with Crippen molar-refractivity contribution in [2.24, 2.45) is 0 Å². The van der Waals surface area contributed by atoms with Crippen molar-refractivity contribution in [3.8, 4) is 5.75 Å². The van der Waals surface area contributed by atoms with Crippen LogP contribution in [0.2, 0.25) is 5.02 Å². The van der Waals surface area contributed by atoms with Gasteiger partial charge in [-0.2, -0.15) is 0 Å². The van der Waals surface area contributed by atoms with Crippen LogP contribution in [0.4, 0.5) is 0 Å². The molecular formula is C20H20ClN3O4S. The van der Waals surface area contributed by atoms with Crippen LogP contribution in [0.15, 0.2) is 52.6 Å². The molecule has 3 aromatic rings. The molecule has 0 aliphatic rings. The van der Waals surface area contributed by atoms with E-state index in [4.69, 9.17) is 25.5 Å². The minimum atomic E-state index is -0.491. The highest BCUT2D eigenvalue weighted by atomic mass is 35.5. The number of furan rings is 1. The summed E-state index contributed by atoms with van der Waals surface area (Å²) in [6.07, 6.45) is 1.77. The molecule has 3 rings (SSSR count). The second kappa shape index (κ2) is 9.67. The maximum absolute atomic E-state index is 11.7.